The average molecular weight is 284 g/mol. The minimum absolute atomic E-state index is 0.0877. The van der Waals surface area contributed by atoms with Crippen molar-refractivity contribution in [2.45, 2.75) is 33.7 Å². The molecule has 0 saturated heterocycles. The van der Waals surface area contributed by atoms with E-state index in [2.05, 4.69) is 10.6 Å². The minimum Gasteiger partial charge on any atom is -0.481 e. The number of carbonyl (C=O) groups excluding carboxylic acids is 1. The first-order valence-electron chi connectivity index (χ1n) is 6.06. The molecule has 0 fully saturated rings. The van der Waals surface area contributed by atoms with E-state index in [1.165, 1.54) is 4.88 Å². The van der Waals surface area contributed by atoms with E-state index in [-0.39, 0.29) is 18.6 Å². The molecule has 0 saturated carbocycles. The van der Waals surface area contributed by atoms with E-state index in [1.807, 2.05) is 26.0 Å². The summed E-state index contributed by atoms with van der Waals surface area (Å²) in [6, 6.07) is 3.54. The Labute approximate surface area is 117 Å². The van der Waals surface area contributed by atoms with Crippen LogP contribution in [0.4, 0.5) is 4.79 Å². The topological polar surface area (TPSA) is 78.4 Å². The molecule has 0 bridgehead atoms. The summed E-state index contributed by atoms with van der Waals surface area (Å²) < 4.78 is 0. The molecule has 1 aromatic heterocycles. The molecule has 0 radical (unpaired) electrons. The highest BCUT2D eigenvalue weighted by atomic mass is 32.1. The van der Waals surface area contributed by atoms with Crippen molar-refractivity contribution < 1.29 is 14.7 Å². The highest BCUT2D eigenvalue weighted by molar-refractivity contribution is 7.12. The summed E-state index contributed by atoms with van der Waals surface area (Å²) in [4.78, 5) is 24.9. The molecule has 0 aromatic carbocycles. The molecule has 1 aromatic rings. The maximum Gasteiger partial charge on any atom is 0.315 e. The minimum atomic E-state index is -0.972. The summed E-state index contributed by atoms with van der Waals surface area (Å²) in [5.74, 6) is -0.935. The van der Waals surface area contributed by atoms with Gasteiger partial charge in [-0.1, -0.05) is 0 Å². The summed E-state index contributed by atoms with van der Waals surface area (Å²) in [5, 5.41) is 14.3. The summed E-state index contributed by atoms with van der Waals surface area (Å²) in [6.45, 7) is 7.14. The van der Waals surface area contributed by atoms with E-state index >= 15 is 0 Å². The molecule has 0 aliphatic carbocycles. The number of amides is 2. The SMILES string of the molecule is Cc1ccc(C(C)NC(=O)NCC(C)(C)C(=O)O)s1. The number of aryl methyl sites for hydroxylation is 1. The second kappa shape index (κ2) is 6.06. The van der Waals surface area contributed by atoms with Crippen molar-refractivity contribution in [2.24, 2.45) is 5.41 Å². The van der Waals surface area contributed by atoms with E-state index in [9.17, 15) is 9.59 Å². The van der Waals surface area contributed by atoms with E-state index in [4.69, 9.17) is 5.11 Å². The lowest BCUT2D eigenvalue weighted by Crippen LogP contribution is -2.44. The van der Waals surface area contributed by atoms with E-state index in [0.717, 1.165) is 4.88 Å². The normalized spacial score (nSPS) is 12.8. The molecular weight excluding hydrogens is 264 g/mol. The molecule has 3 N–H and O–H groups in total. The zero-order valence-corrected chi connectivity index (χ0v) is 12.4. The number of thiophene rings is 1. The van der Waals surface area contributed by atoms with Gasteiger partial charge in [-0.15, -0.1) is 11.3 Å². The Bertz CT molecular complexity index is 468. The number of carbonyl (C=O) groups is 2. The van der Waals surface area contributed by atoms with Gasteiger partial charge in [0.25, 0.3) is 0 Å². The van der Waals surface area contributed by atoms with E-state index < -0.39 is 11.4 Å². The van der Waals surface area contributed by atoms with Crippen LogP contribution in [0, 0.1) is 12.3 Å². The van der Waals surface area contributed by atoms with Crippen molar-refractivity contribution in [1.82, 2.24) is 10.6 Å². The quantitative estimate of drug-likeness (QED) is 0.777. The van der Waals surface area contributed by atoms with Gasteiger partial charge in [-0.05, 0) is 39.8 Å². The molecule has 2 amide bonds. The van der Waals surface area contributed by atoms with Crippen molar-refractivity contribution >= 4 is 23.3 Å². The van der Waals surface area contributed by atoms with Crippen LogP contribution >= 0.6 is 11.3 Å². The second-order valence-corrected chi connectivity index (χ2v) is 6.51. The zero-order chi connectivity index (χ0) is 14.6. The molecule has 0 aliphatic heterocycles. The zero-order valence-electron chi connectivity index (χ0n) is 11.6. The molecule has 106 valence electrons. The van der Waals surface area contributed by atoms with Crippen molar-refractivity contribution in [1.29, 1.82) is 0 Å². The first kappa shape index (κ1) is 15.5. The highest BCUT2D eigenvalue weighted by Crippen LogP contribution is 2.22. The van der Waals surface area contributed by atoms with Gasteiger partial charge < -0.3 is 15.7 Å². The van der Waals surface area contributed by atoms with Gasteiger partial charge in [-0.25, -0.2) is 4.79 Å². The lowest BCUT2D eigenvalue weighted by Gasteiger charge is -2.20. The van der Waals surface area contributed by atoms with Gasteiger partial charge >= 0.3 is 12.0 Å². The number of urea groups is 1. The molecule has 0 spiro atoms. The Morgan fingerprint density at radius 1 is 1.42 bits per heavy atom. The van der Waals surface area contributed by atoms with Crippen LogP contribution in [0.1, 0.15) is 36.6 Å². The Kier molecular flexibility index (Phi) is 4.94. The third-order valence-electron chi connectivity index (χ3n) is 2.81. The second-order valence-electron chi connectivity index (χ2n) is 5.19. The van der Waals surface area contributed by atoms with Crippen molar-refractivity contribution in [2.75, 3.05) is 6.54 Å². The van der Waals surface area contributed by atoms with Gasteiger partial charge in [0.1, 0.15) is 0 Å². The van der Waals surface area contributed by atoms with Gasteiger partial charge in [0.05, 0.1) is 11.5 Å². The lowest BCUT2D eigenvalue weighted by molar-refractivity contribution is -0.146. The maximum absolute atomic E-state index is 11.7. The Hall–Kier alpha value is -1.56. The summed E-state index contributed by atoms with van der Waals surface area (Å²) in [7, 11) is 0. The predicted molar refractivity (Wildman–Crippen MR) is 75.4 cm³/mol. The summed E-state index contributed by atoms with van der Waals surface area (Å²) >= 11 is 1.63. The smallest absolute Gasteiger partial charge is 0.315 e. The van der Waals surface area contributed by atoms with Crippen LogP contribution in [0.5, 0.6) is 0 Å². The number of aliphatic carboxylic acids is 1. The van der Waals surface area contributed by atoms with Crippen LogP contribution in [0.2, 0.25) is 0 Å². The van der Waals surface area contributed by atoms with Crippen LogP contribution in [-0.4, -0.2) is 23.7 Å². The molecule has 5 nitrogen and oxygen atoms in total. The van der Waals surface area contributed by atoms with Crippen molar-refractivity contribution in [3.63, 3.8) is 0 Å². The number of rotatable bonds is 5. The monoisotopic (exact) mass is 284 g/mol. The van der Waals surface area contributed by atoms with E-state index in [0.29, 0.717) is 0 Å². The van der Waals surface area contributed by atoms with Gasteiger partial charge in [0.15, 0.2) is 0 Å². The predicted octanol–water partition coefficient (Wildman–Crippen LogP) is 2.53. The standard InChI is InChI=1S/C13H20N2O3S/c1-8-5-6-10(19-8)9(2)15-12(18)14-7-13(3,4)11(16)17/h5-6,9H,7H2,1-4H3,(H,16,17)(H2,14,15,18). The fourth-order valence-corrected chi connectivity index (χ4v) is 2.26. The molecular formula is C13H20N2O3S. The number of hydrogen-bond donors (Lipinski definition) is 3. The third-order valence-corrected chi connectivity index (χ3v) is 3.99. The molecule has 19 heavy (non-hydrogen) atoms. The Morgan fingerprint density at radius 2 is 2.05 bits per heavy atom. The number of carboxylic acid groups (broad SMARTS) is 1. The Morgan fingerprint density at radius 3 is 2.53 bits per heavy atom. The molecule has 1 atom stereocenters. The van der Waals surface area contributed by atoms with Crippen LogP contribution in [0.25, 0.3) is 0 Å². The van der Waals surface area contributed by atoms with Crippen molar-refractivity contribution in [3.8, 4) is 0 Å². The lowest BCUT2D eigenvalue weighted by atomic mass is 9.94. The largest absolute Gasteiger partial charge is 0.481 e. The van der Waals surface area contributed by atoms with Crippen LogP contribution < -0.4 is 10.6 Å². The summed E-state index contributed by atoms with van der Waals surface area (Å²) in [6.07, 6.45) is 0. The number of hydrogen-bond acceptors (Lipinski definition) is 3. The molecule has 1 rings (SSSR count). The summed E-state index contributed by atoms with van der Waals surface area (Å²) in [5.41, 5.74) is -0.972. The molecule has 1 unspecified atom stereocenters. The first-order valence-corrected chi connectivity index (χ1v) is 6.88. The van der Waals surface area contributed by atoms with Gasteiger partial charge in [-0.2, -0.15) is 0 Å². The fraction of sp³-hybridized carbons (Fsp3) is 0.538. The van der Waals surface area contributed by atoms with Crippen LogP contribution in [0.15, 0.2) is 12.1 Å². The Balaban J connectivity index is 2.46. The first-order chi connectivity index (χ1) is 8.72. The van der Waals surface area contributed by atoms with Crippen LogP contribution in [0.3, 0.4) is 0 Å². The third kappa shape index (κ3) is 4.55. The maximum atomic E-state index is 11.7. The van der Waals surface area contributed by atoms with Gasteiger partial charge in [-0.3, -0.25) is 4.79 Å². The number of nitrogens with one attached hydrogen (secondary N) is 2. The number of carboxylic acids is 1. The molecule has 6 heteroatoms. The highest BCUT2D eigenvalue weighted by Gasteiger charge is 2.27. The van der Waals surface area contributed by atoms with Crippen LogP contribution in [-0.2, 0) is 4.79 Å². The van der Waals surface area contributed by atoms with Gasteiger partial charge in [0.2, 0.25) is 0 Å². The molecule has 0 aliphatic rings. The van der Waals surface area contributed by atoms with Crippen molar-refractivity contribution in [3.05, 3.63) is 21.9 Å². The van der Waals surface area contributed by atoms with E-state index in [1.54, 1.807) is 25.2 Å². The molecule has 1 heterocycles. The average Bonchev–Trinajstić information content (AvgIpc) is 2.73. The fourth-order valence-electron chi connectivity index (χ4n) is 1.38. The van der Waals surface area contributed by atoms with Gasteiger partial charge in [0, 0.05) is 16.3 Å².